The van der Waals surface area contributed by atoms with Gasteiger partial charge in [0.25, 0.3) is 0 Å². The van der Waals surface area contributed by atoms with Crippen molar-refractivity contribution in [3.63, 3.8) is 0 Å². The van der Waals surface area contributed by atoms with E-state index in [9.17, 15) is 19.8 Å². The highest BCUT2D eigenvalue weighted by Crippen LogP contribution is 2.19. The fraction of sp³-hybridized carbons (Fsp3) is 0.943. The Hall–Kier alpha value is -1.40. The predicted octanol–water partition coefficient (Wildman–Crippen LogP) is 22.4. The molecule has 6 nitrogen and oxygen atoms in total. The smallest absolute Gasteiger partial charge is 0.305 e. The summed E-state index contributed by atoms with van der Waals surface area (Å²) in [6, 6.07) is -0.536. The van der Waals surface area contributed by atoms with Crippen molar-refractivity contribution < 1.29 is 24.5 Å². The minimum Gasteiger partial charge on any atom is -0.466 e. The molecule has 0 aliphatic rings. The molecule has 6 heteroatoms. The molecule has 0 aliphatic heterocycles. The average Bonchev–Trinajstić information content (AvgIpc) is 3.42. The third-order valence-corrected chi connectivity index (χ3v) is 16.6. The largest absolute Gasteiger partial charge is 0.466 e. The lowest BCUT2D eigenvalue weighted by Gasteiger charge is -2.22. The number of hydrogen-bond donors (Lipinski definition) is 3. The molecule has 0 spiro atoms. The van der Waals surface area contributed by atoms with E-state index in [0.29, 0.717) is 25.9 Å². The van der Waals surface area contributed by atoms with Crippen LogP contribution in [0.4, 0.5) is 0 Å². The number of esters is 1. The maximum Gasteiger partial charge on any atom is 0.305 e. The summed E-state index contributed by atoms with van der Waals surface area (Å²) in [6.45, 7) is 4.97. The van der Waals surface area contributed by atoms with Gasteiger partial charge in [0, 0.05) is 12.8 Å². The summed E-state index contributed by atoms with van der Waals surface area (Å²) in [7, 11) is 0. The molecule has 3 N–H and O–H groups in total. The van der Waals surface area contributed by atoms with Crippen molar-refractivity contribution in [2.24, 2.45) is 0 Å². The van der Waals surface area contributed by atoms with Gasteiger partial charge in [0.2, 0.25) is 5.91 Å². The predicted molar refractivity (Wildman–Crippen MR) is 333 cm³/mol. The third-order valence-electron chi connectivity index (χ3n) is 16.6. The van der Waals surface area contributed by atoms with Crippen molar-refractivity contribution in [2.45, 2.75) is 411 Å². The Morgan fingerprint density at radius 3 is 0.934 bits per heavy atom. The normalized spacial score (nSPS) is 12.5. The standard InChI is InChI=1S/C70H137NO5/c1-3-5-7-9-11-13-15-44-48-52-56-60-64-70(75)76-65-61-57-53-49-45-42-40-38-36-34-32-30-28-26-24-22-20-18-16-17-19-21-23-25-27-29-31-33-35-37-39-41-43-47-51-55-59-63-69(74)71-67(66-72)68(73)62-58-54-50-46-14-12-10-8-6-4-2/h16,18,67-68,72-73H,3-15,17,19-66H2,1-2H3,(H,71,74)/b18-16-. The van der Waals surface area contributed by atoms with Gasteiger partial charge in [-0.05, 0) is 51.4 Å². The number of nitrogens with one attached hydrogen (secondary N) is 1. The first-order valence-electron chi connectivity index (χ1n) is 34.9. The molecule has 0 saturated carbocycles. The molecular weight excluding hydrogens is 935 g/mol. The third kappa shape index (κ3) is 61.8. The van der Waals surface area contributed by atoms with E-state index < -0.39 is 12.1 Å². The summed E-state index contributed by atoms with van der Waals surface area (Å²) >= 11 is 0. The molecule has 2 atom stereocenters. The minimum atomic E-state index is -0.658. The van der Waals surface area contributed by atoms with Crippen LogP contribution in [-0.2, 0) is 14.3 Å². The maximum absolute atomic E-state index is 12.4. The Balaban J connectivity index is 3.29. The maximum atomic E-state index is 12.4. The van der Waals surface area contributed by atoms with Crippen LogP contribution >= 0.6 is 0 Å². The van der Waals surface area contributed by atoms with Gasteiger partial charge >= 0.3 is 5.97 Å². The molecule has 2 unspecified atom stereocenters. The van der Waals surface area contributed by atoms with E-state index in [0.717, 1.165) is 38.5 Å². The first kappa shape index (κ1) is 74.6. The number of aliphatic hydroxyl groups excluding tert-OH is 2. The summed E-state index contributed by atoms with van der Waals surface area (Å²) in [5, 5.41) is 23.2. The number of carbonyl (C=O) groups is 2. The van der Waals surface area contributed by atoms with Crippen LogP contribution in [0.3, 0.4) is 0 Å². The zero-order chi connectivity index (χ0) is 55.0. The fourth-order valence-electron chi connectivity index (χ4n) is 11.2. The van der Waals surface area contributed by atoms with Gasteiger partial charge in [0.05, 0.1) is 25.4 Å². The summed E-state index contributed by atoms with van der Waals surface area (Å²) in [5.41, 5.74) is 0. The van der Waals surface area contributed by atoms with Crippen LogP contribution in [0.5, 0.6) is 0 Å². The van der Waals surface area contributed by atoms with Gasteiger partial charge in [-0.3, -0.25) is 9.59 Å². The zero-order valence-corrected chi connectivity index (χ0v) is 51.8. The van der Waals surface area contributed by atoms with Gasteiger partial charge in [-0.1, -0.05) is 347 Å². The van der Waals surface area contributed by atoms with Crippen molar-refractivity contribution in [1.82, 2.24) is 5.32 Å². The molecule has 0 saturated heterocycles. The Morgan fingerprint density at radius 1 is 0.355 bits per heavy atom. The minimum absolute atomic E-state index is 0.0228. The number of unbranched alkanes of at least 4 members (excludes halogenated alkanes) is 53. The number of ether oxygens (including phenoxy) is 1. The van der Waals surface area contributed by atoms with E-state index in [1.807, 2.05) is 0 Å². The second kappa shape index (κ2) is 66.1. The van der Waals surface area contributed by atoms with Crippen LogP contribution in [0, 0.1) is 0 Å². The summed E-state index contributed by atoms with van der Waals surface area (Å²) in [4.78, 5) is 24.5. The van der Waals surface area contributed by atoms with Crippen molar-refractivity contribution in [3.05, 3.63) is 12.2 Å². The molecule has 0 aromatic heterocycles. The van der Waals surface area contributed by atoms with Crippen LogP contribution in [-0.4, -0.2) is 47.4 Å². The summed E-state index contributed by atoms with van der Waals surface area (Å²) in [6.07, 6.45) is 81.4. The topological polar surface area (TPSA) is 95.9 Å². The SMILES string of the molecule is CCCCCCCCCCCCCCC(=O)OCCCCCCCCCCCCCCCCCC/C=C\CCCCCCCCCCCCCCCCCCCC(=O)NC(CO)C(O)CCCCCCCCCCCC. The zero-order valence-electron chi connectivity index (χ0n) is 51.8. The molecule has 0 heterocycles. The Morgan fingerprint density at radius 2 is 0.618 bits per heavy atom. The average molecular weight is 1070 g/mol. The molecule has 0 aromatic rings. The summed E-state index contributed by atoms with van der Waals surface area (Å²) in [5.74, 6) is -0.00774. The molecular formula is C70H137NO5. The fourth-order valence-corrected chi connectivity index (χ4v) is 11.2. The lowest BCUT2D eigenvalue weighted by molar-refractivity contribution is -0.143. The number of amides is 1. The van der Waals surface area contributed by atoms with Gasteiger partial charge in [0.1, 0.15) is 0 Å². The molecule has 0 aromatic carbocycles. The Kier molecular flexibility index (Phi) is 64.9. The number of allylic oxidation sites excluding steroid dienone is 2. The molecule has 0 bridgehead atoms. The molecule has 76 heavy (non-hydrogen) atoms. The van der Waals surface area contributed by atoms with E-state index in [4.69, 9.17) is 4.74 Å². The van der Waals surface area contributed by atoms with E-state index in [1.54, 1.807) is 0 Å². The molecule has 452 valence electrons. The number of carbonyl (C=O) groups excluding carboxylic acids is 2. The highest BCUT2D eigenvalue weighted by molar-refractivity contribution is 5.76. The lowest BCUT2D eigenvalue weighted by Crippen LogP contribution is -2.45. The molecule has 0 fully saturated rings. The van der Waals surface area contributed by atoms with Crippen LogP contribution in [0.1, 0.15) is 399 Å². The highest BCUT2D eigenvalue weighted by Gasteiger charge is 2.20. The molecule has 0 radical (unpaired) electrons. The number of aliphatic hydroxyl groups is 2. The molecule has 0 aliphatic carbocycles. The number of hydrogen-bond acceptors (Lipinski definition) is 5. The van der Waals surface area contributed by atoms with Crippen LogP contribution in [0.25, 0.3) is 0 Å². The van der Waals surface area contributed by atoms with Crippen LogP contribution < -0.4 is 5.32 Å². The van der Waals surface area contributed by atoms with Crippen molar-refractivity contribution in [2.75, 3.05) is 13.2 Å². The van der Waals surface area contributed by atoms with Crippen LogP contribution in [0.15, 0.2) is 12.2 Å². The first-order chi connectivity index (χ1) is 37.5. The van der Waals surface area contributed by atoms with Gasteiger partial charge < -0.3 is 20.3 Å². The second-order valence-corrected chi connectivity index (χ2v) is 24.2. The first-order valence-corrected chi connectivity index (χ1v) is 34.9. The molecule has 1 amide bonds. The van der Waals surface area contributed by atoms with Crippen molar-refractivity contribution >= 4 is 11.9 Å². The van der Waals surface area contributed by atoms with E-state index in [-0.39, 0.29) is 18.5 Å². The highest BCUT2D eigenvalue weighted by atomic mass is 16.5. The Labute approximate surface area is 476 Å². The van der Waals surface area contributed by atoms with Gasteiger partial charge in [-0.2, -0.15) is 0 Å². The van der Waals surface area contributed by atoms with Gasteiger partial charge in [0.15, 0.2) is 0 Å². The van der Waals surface area contributed by atoms with Crippen LogP contribution in [0.2, 0.25) is 0 Å². The monoisotopic (exact) mass is 1070 g/mol. The summed E-state index contributed by atoms with van der Waals surface area (Å²) < 4.78 is 5.48. The lowest BCUT2D eigenvalue weighted by atomic mass is 10.0. The van der Waals surface area contributed by atoms with Crippen molar-refractivity contribution in [1.29, 1.82) is 0 Å². The van der Waals surface area contributed by atoms with E-state index in [1.165, 1.54) is 327 Å². The van der Waals surface area contributed by atoms with E-state index >= 15 is 0 Å². The van der Waals surface area contributed by atoms with Crippen molar-refractivity contribution in [3.8, 4) is 0 Å². The number of rotatable bonds is 66. The van der Waals surface area contributed by atoms with E-state index in [2.05, 4.69) is 31.3 Å². The van der Waals surface area contributed by atoms with Gasteiger partial charge in [-0.25, -0.2) is 0 Å². The quantitative estimate of drug-likeness (QED) is 0.0320. The molecule has 0 rings (SSSR count). The Bertz CT molecular complexity index is 1140. The second-order valence-electron chi connectivity index (χ2n) is 24.2. The van der Waals surface area contributed by atoms with Gasteiger partial charge in [-0.15, -0.1) is 0 Å².